The van der Waals surface area contributed by atoms with Crippen molar-refractivity contribution in [2.45, 2.75) is 33.6 Å². The predicted molar refractivity (Wildman–Crippen MR) is 79.1 cm³/mol. The molecule has 4 nitrogen and oxygen atoms in total. The molecule has 0 saturated carbocycles. The number of thiophene rings is 1. The third kappa shape index (κ3) is 3.20. The number of rotatable bonds is 3. The van der Waals surface area contributed by atoms with Gasteiger partial charge in [0.1, 0.15) is 0 Å². The second-order valence-corrected chi connectivity index (χ2v) is 6.63. The normalized spacial score (nSPS) is 18.9. The Hall–Kier alpha value is -1.36. The Balaban J connectivity index is 2.07. The average Bonchev–Trinajstić information content (AvgIpc) is 2.77. The van der Waals surface area contributed by atoms with Crippen molar-refractivity contribution in [3.05, 3.63) is 21.4 Å². The van der Waals surface area contributed by atoms with E-state index < -0.39 is 0 Å². The molecule has 0 aromatic carbocycles. The molecular formula is C15H21NO3S. The van der Waals surface area contributed by atoms with Gasteiger partial charge < -0.3 is 9.64 Å². The van der Waals surface area contributed by atoms with E-state index >= 15 is 0 Å². The number of hydrogen-bond donors (Lipinski definition) is 0. The minimum absolute atomic E-state index is 0.0425. The van der Waals surface area contributed by atoms with Crippen LogP contribution in [0.1, 0.15) is 39.9 Å². The van der Waals surface area contributed by atoms with Crippen LogP contribution in [0.25, 0.3) is 0 Å². The first-order valence-electron chi connectivity index (χ1n) is 7.05. The van der Waals surface area contributed by atoms with Gasteiger partial charge in [-0.2, -0.15) is 0 Å². The molecule has 1 amide bonds. The van der Waals surface area contributed by atoms with Crippen LogP contribution in [0.4, 0.5) is 0 Å². The van der Waals surface area contributed by atoms with Crippen LogP contribution in [-0.4, -0.2) is 36.5 Å². The summed E-state index contributed by atoms with van der Waals surface area (Å²) in [5.74, 6) is -0.309. The van der Waals surface area contributed by atoms with Crippen LogP contribution >= 0.6 is 11.3 Å². The summed E-state index contributed by atoms with van der Waals surface area (Å²) in [6.45, 7) is 7.38. The molecule has 20 heavy (non-hydrogen) atoms. The summed E-state index contributed by atoms with van der Waals surface area (Å²) in [6.07, 6.45) is 1.67. The number of esters is 1. The van der Waals surface area contributed by atoms with E-state index in [1.54, 1.807) is 23.2 Å². The van der Waals surface area contributed by atoms with Crippen molar-refractivity contribution in [3.63, 3.8) is 0 Å². The standard InChI is InChI=1S/C15H21NO3S/c1-4-19-15(18)12-6-5-7-16(9-12)14(17)13-8-10(2)20-11(13)3/h8,12H,4-7,9H2,1-3H3. The van der Waals surface area contributed by atoms with Crippen molar-refractivity contribution in [1.82, 2.24) is 4.90 Å². The van der Waals surface area contributed by atoms with Crippen molar-refractivity contribution < 1.29 is 14.3 Å². The molecule has 0 N–H and O–H groups in total. The Bertz CT molecular complexity index is 509. The number of piperidine rings is 1. The zero-order chi connectivity index (χ0) is 14.7. The smallest absolute Gasteiger partial charge is 0.310 e. The minimum atomic E-state index is -0.178. The summed E-state index contributed by atoms with van der Waals surface area (Å²) in [5.41, 5.74) is 0.775. The van der Waals surface area contributed by atoms with Gasteiger partial charge in [-0.15, -0.1) is 11.3 Å². The van der Waals surface area contributed by atoms with Crippen molar-refractivity contribution in [2.24, 2.45) is 5.92 Å². The van der Waals surface area contributed by atoms with E-state index in [2.05, 4.69) is 0 Å². The van der Waals surface area contributed by atoms with Gasteiger partial charge in [0.2, 0.25) is 0 Å². The highest BCUT2D eigenvalue weighted by Crippen LogP contribution is 2.25. The quantitative estimate of drug-likeness (QED) is 0.806. The maximum absolute atomic E-state index is 12.5. The highest BCUT2D eigenvalue weighted by molar-refractivity contribution is 7.12. The van der Waals surface area contributed by atoms with Gasteiger partial charge in [-0.05, 0) is 39.7 Å². The van der Waals surface area contributed by atoms with Gasteiger partial charge in [-0.3, -0.25) is 9.59 Å². The van der Waals surface area contributed by atoms with Gasteiger partial charge in [-0.1, -0.05) is 0 Å². The molecule has 1 aromatic rings. The van der Waals surface area contributed by atoms with Crippen LogP contribution in [0.2, 0.25) is 0 Å². The summed E-state index contributed by atoms with van der Waals surface area (Å²) in [5, 5.41) is 0. The molecule has 1 fully saturated rings. The van der Waals surface area contributed by atoms with Gasteiger partial charge in [0.05, 0.1) is 18.1 Å². The number of likely N-dealkylation sites (tertiary alicyclic amines) is 1. The van der Waals surface area contributed by atoms with Crippen LogP contribution in [0.15, 0.2) is 6.07 Å². The second kappa shape index (κ2) is 6.39. The van der Waals surface area contributed by atoms with E-state index in [1.165, 1.54) is 0 Å². The Morgan fingerprint density at radius 2 is 2.20 bits per heavy atom. The SMILES string of the molecule is CCOC(=O)C1CCCN(C(=O)c2cc(C)sc2C)C1. The molecule has 1 unspecified atom stereocenters. The molecule has 1 aromatic heterocycles. The van der Waals surface area contributed by atoms with Crippen LogP contribution in [0.5, 0.6) is 0 Å². The lowest BCUT2D eigenvalue weighted by atomic mass is 9.97. The Morgan fingerprint density at radius 1 is 1.45 bits per heavy atom. The van der Waals surface area contributed by atoms with Crippen molar-refractivity contribution >= 4 is 23.2 Å². The third-order valence-electron chi connectivity index (χ3n) is 3.60. The lowest BCUT2D eigenvalue weighted by molar-refractivity contribution is -0.149. The van der Waals surface area contributed by atoms with Crippen LogP contribution < -0.4 is 0 Å². The van der Waals surface area contributed by atoms with E-state index in [-0.39, 0.29) is 17.8 Å². The topological polar surface area (TPSA) is 46.6 Å². The highest BCUT2D eigenvalue weighted by Gasteiger charge is 2.30. The highest BCUT2D eigenvalue weighted by atomic mass is 32.1. The van der Waals surface area contributed by atoms with Crippen LogP contribution in [-0.2, 0) is 9.53 Å². The number of nitrogens with zero attached hydrogens (tertiary/aromatic N) is 1. The summed E-state index contributed by atoms with van der Waals surface area (Å²) >= 11 is 1.64. The zero-order valence-electron chi connectivity index (χ0n) is 12.3. The lowest BCUT2D eigenvalue weighted by Gasteiger charge is -2.31. The van der Waals surface area contributed by atoms with Gasteiger partial charge >= 0.3 is 5.97 Å². The molecule has 1 saturated heterocycles. The van der Waals surface area contributed by atoms with Gasteiger partial charge in [0.25, 0.3) is 5.91 Å². The zero-order valence-corrected chi connectivity index (χ0v) is 13.1. The summed E-state index contributed by atoms with van der Waals surface area (Å²) in [6, 6.07) is 1.94. The third-order valence-corrected chi connectivity index (χ3v) is 4.57. The fourth-order valence-electron chi connectivity index (χ4n) is 2.63. The van der Waals surface area contributed by atoms with Crippen molar-refractivity contribution in [2.75, 3.05) is 19.7 Å². The number of carbonyl (C=O) groups is 2. The molecule has 0 radical (unpaired) electrons. The van der Waals surface area contributed by atoms with Gasteiger partial charge in [0, 0.05) is 22.8 Å². The maximum Gasteiger partial charge on any atom is 0.310 e. The predicted octanol–water partition coefficient (Wildman–Crippen LogP) is 2.78. The maximum atomic E-state index is 12.5. The lowest BCUT2D eigenvalue weighted by Crippen LogP contribution is -2.42. The molecule has 0 spiro atoms. The molecule has 1 aliphatic heterocycles. The van der Waals surface area contributed by atoms with Gasteiger partial charge in [-0.25, -0.2) is 0 Å². The van der Waals surface area contributed by atoms with Crippen molar-refractivity contribution in [3.8, 4) is 0 Å². The monoisotopic (exact) mass is 295 g/mol. The van der Waals surface area contributed by atoms with E-state index in [4.69, 9.17) is 4.74 Å². The summed E-state index contributed by atoms with van der Waals surface area (Å²) in [7, 11) is 0. The van der Waals surface area contributed by atoms with Crippen LogP contribution in [0.3, 0.4) is 0 Å². The second-order valence-electron chi connectivity index (χ2n) is 5.17. The Kier molecular flexibility index (Phi) is 4.81. The molecule has 110 valence electrons. The van der Waals surface area contributed by atoms with E-state index in [0.717, 1.165) is 34.7 Å². The molecular weight excluding hydrogens is 274 g/mol. The molecule has 2 rings (SSSR count). The largest absolute Gasteiger partial charge is 0.466 e. The first kappa shape index (κ1) is 15.0. The van der Waals surface area contributed by atoms with E-state index in [0.29, 0.717) is 13.2 Å². The molecule has 1 aliphatic rings. The molecule has 0 bridgehead atoms. The summed E-state index contributed by atoms with van der Waals surface area (Å²) < 4.78 is 5.07. The Morgan fingerprint density at radius 3 is 2.80 bits per heavy atom. The van der Waals surface area contributed by atoms with E-state index in [9.17, 15) is 9.59 Å². The Labute approximate surface area is 123 Å². The number of hydrogen-bond acceptors (Lipinski definition) is 4. The number of ether oxygens (including phenoxy) is 1. The average molecular weight is 295 g/mol. The molecule has 0 aliphatic carbocycles. The minimum Gasteiger partial charge on any atom is -0.466 e. The fourth-order valence-corrected chi connectivity index (χ4v) is 3.54. The number of carbonyl (C=O) groups excluding carboxylic acids is 2. The molecule has 2 heterocycles. The number of aryl methyl sites for hydroxylation is 2. The van der Waals surface area contributed by atoms with Crippen LogP contribution in [0, 0.1) is 19.8 Å². The number of amides is 1. The van der Waals surface area contributed by atoms with Gasteiger partial charge in [0.15, 0.2) is 0 Å². The van der Waals surface area contributed by atoms with Crippen molar-refractivity contribution in [1.29, 1.82) is 0 Å². The molecule has 1 atom stereocenters. The first-order chi connectivity index (χ1) is 9.52. The molecule has 5 heteroatoms. The van der Waals surface area contributed by atoms with E-state index in [1.807, 2.05) is 19.9 Å². The fraction of sp³-hybridized carbons (Fsp3) is 0.600. The first-order valence-corrected chi connectivity index (χ1v) is 7.87. The summed E-state index contributed by atoms with van der Waals surface area (Å²) in [4.78, 5) is 28.3.